The fraction of sp³-hybridized carbons (Fsp3) is 0.316. The lowest BCUT2D eigenvalue weighted by molar-refractivity contribution is 0.102. The van der Waals surface area contributed by atoms with E-state index in [1.165, 1.54) is 18.3 Å². The van der Waals surface area contributed by atoms with E-state index in [0.29, 0.717) is 5.02 Å². The second kappa shape index (κ2) is 7.42. The molecule has 158 valence electrons. The third kappa shape index (κ3) is 3.31. The van der Waals surface area contributed by atoms with Gasteiger partial charge in [-0.25, -0.2) is 27.5 Å². The minimum Gasteiger partial charge on any atom is -0.378 e. The monoisotopic (exact) mass is 458 g/mol. The van der Waals surface area contributed by atoms with Gasteiger partial charge in [-0.05, 0) is 24.6 Å². The van der Waals surface area contributed by atoms with Crippen LogP contribution in [-0.4, -0.2) is 34.2 Å². The van der Waals surface area contributed by atoms with Crippen LogP contribution in [0.2, 0.25) is 5.02 Å². The van der Waals surface area contributed by atoms with Crippen molar-refractivity contribution >= 4 is 40.1 Å². The molecule has 2 aromatic rings. The van der Waals surface area contributed by atoms with Crippen LogP contribution >= 0.6 is 23.4 Å². The van der Waals surface area contributed by atoms with Gasteiger partial charge < -0.3 is 11.1 Å². The van der Waals surface area contributed by atoms with Crippen LogP contribution < -0.4 is 11.1 Å². The van der Waals surface area contributed by atoms with Crippen molar-refractivity contribution < 1.29 is 22.4 Å². The van der Waals surface area contributed by atoms with Crippen molar-refractivity contribution in [2.45, 2.75) is 16.7 Å². The molecule has 0 unspecified atom stereocenters. The molecule has 0 spiro atoms. The van der Waals surface area contributed by atoms with Crippen LogP contribution in [0.4, 0.5) is 23.2 Å². The summed E-state index contributed by atoms with van der Waals surface area (Å²) in [5, 5.41) is 2.62. The Bertz CT molecular complexity index is 1050. The molecule has 2 aliphatic rings. The maximum atomic E-state index is 14.8. The number of hydrogen-bond acceptors (Lipinski definition) is 5. The maximum absolute atomic E-state index is 14.8. The van der Waals surface area contributed by atoms with E-state index in [-0.39, 0.29) is 23.0 Å². The van der Waals surface area contributed by atoms with Gasteiger partial charge in [0.1, 0.15) is 24.6 Å². The van der Waals surface area contributed by atoms with Crippen molar-refractivity contribution in [3.8, 4) is 0 Å². The molecule has 0 bridgehead atoms. The Labute approximate surface area is 178 Å². The van der Waals surface area contributed by atoms with Crippen molar-refractivity contribution in [1.82, 2.24) is 4.98 Å². The van der Waals surface area contributed by atoms with Crippen molar-refractivity contribution in [2.24, 2.45) is 16.6 Å². The van der Waals surface area contributed by atoms with E-state index < -0.39 is 52.7 Å². The SMILES string of the molecule is NC1=N[C@](CF)(c2cc(NC(=O)c3ccc(Cl)cn3)cc(F)c2F)[C@@H]2C[C@]2(CF)S1. The zero-order valence-corrected chi connectivity index (χ0v) is 16.8. The molecule has 0 radical (unpaired) electrons. The van der Waals surface area contributed by atoms with Crippen molar-refractivity contribution in [3.05, 3.63) is 58.4 Å². The minimum absolute atomic E-state index is 0.0131. The number of fused-ring (bicyclic) bond motifs is 1. The summed E-state index contributed by atoms with van der Waals surface area (Å²) in [6.07, 6.45) is 1.47. The molecule has 30 heavy (non-hydrogen) atoms. The molecule has 1 amide bonds. The van der Waals surface area contributed by atoms with Crippen LogP contribution in [0.25, 0.3) is 0 Å². The second-order valence-corrected chi connectivity index (χ2v) is 9.07. The molecule has 1 aliphatic carbocycles. The van der Waals surface area contributed by atoms with Gasteiger partial charge in [0.15, 0.2) is 16.8 Å². The number of rotatable bonds is 5. The molecule has 1 saturated carbocycles. The summed E-state index contributed by atoms with van der Waals surface area (Å²) in [5.74, 6) is -4.03. The normalized spacial score (nSPS) is 27.2. The van der Waals surface area contributed by atoms with E-state index >= 15 is 0 Å². The number of amides is 1. The van der Waals surface area contributed by atoms with Gasteiger partial charge in [0.05, 0.1) is 9.77 Å². The lowest BCUT2D eigenvalue weighted by Crippen LogP contribution is -2.41. The number of thioether (sulfide) groups is 1. The van der Waals surface area contributed by atoms with Gasteiger partial charge in [0.2, 0.25) is 0 Å². The molecule has 3 atom stereocenters. The number of aliphatic imine (C=N–C) groups is 1. The molecule has 1 aromatic heterocycles. The van der Waals surface area contributed by atoms with E-state index in [9.17, 15) is 22.4 Å². The number of nitrogens with zero attached hydrogens (tertiary/aromatic N) is 2. The number of halogens is 5. The Kier molecular flexibility index (Phi) is 5.17. The number of hydrogen-bond donors (Lipinski definition) is 2. The first kappa shape index (κ1) is 20.9. The number of benzene rings is 1. The predicted octanol–water partition coefficient (Wildman–Crippen LogP) is 4.22. The fourth-order valence-corrected chi connectivity index (χ4v) is 5.19. The average molecular weight is 459 g/mol. The van der Waals surface area contributed by atoms with E-state index in [1.54, 1.807) is 0 Å². The highest BCUT2D eigenvalue weighted by atomic mass is 35.5. The molecule has 2 heterocycles. The molecule has 1 aromatic carbocycles. The molecule has 3 N–H and O–H groups in total. The molecule has 1 aliphatic heterocycles. The number of carbonyl (C=O) groups excluding carboxylic acids is 1. The van der Waals surface area contributed by atoms with Gasteiger partial charge in [-0.1, -0.05) is 23.4 Å². The van der Waals surface area contributed by atoms with Crippen molar-refractivity contribution in [3.63, 3.8) is 0 Å². The van der Waals surface area contributed by atoms with Crippen LogP contribution in [0.5, 0.6) is 0 Å². The lowest BCUT2D eigenvalue weighted by Gasteiger charge is -2.34. The summed E-state index contributed by atoms with van der Waals surface area (Å²) in [6.45, 7) is -2.00. The number of aromatic nitrogens is 1. The largest absolute Gasteiger partial charge is 0.378 e. The lowest BCUT2D eigenvalue weighted by atomic mass is 9.84. The number of anilines is 1. The number of nitrogens with one attached hydrogen (secondary N) is 1. The number of alkyl halides is 2. The first-order chi connectivity index (χ1) is 14.2. The number of carbonyl (C=O) groups is 1. The number of nitrogens with two attached hydrogens (primary N) is 1. The highest BCUT2D eigenvalue weighted by Crippen LogP contribution is 2.66. The van der Waals surface area contributed by atoms with E-state index in [2.05, 4.69) is 15.3 Å². The average Bonchev–Trinajstić information content (AvgIpc) is 3.45. The molecule has 11 heteroatoms. The zero-order valence-electron chi connectivity index (χ0n) is 15.3. The van der Waals surface area contributed by atoms with E-state index in [0.717, 1.165) is 23.9 Å². The highest BCUT2D eigenvalue weighted by molar-refractivity contribution is 8.15. The first-order valence-corrected chi connectivity index (χ1v) is 10.0. The van der Waals surface area contributed by atoms with Gasteiger partial charge >= 0.3 is 0 Å². The molecule has 0 saturated heterocycles. The summed E-state index contributed by atoms with van der Waals surface area (Å²) in [5.41, 5.74) is 3.34. The minimum atomic E-state index is -1.87. The quantitative estimate of drug-likeness (QED) is 0.657. The van der Waals surface area contributed by atoms with Gasteiger partial charge in [-0.2, -0.15) is 0 Å². The standard InChI is InChI=1S/C19H15ClF4N4OS/c20-9-1-2-13(26-6-9)16(29)27-10-3-11(15(24)12(23)4-10)19(8-22)14-5-18(14,7-21)30-17(25)28-19/h1-4,6,14H,5,7-8H2,(H2,25,28)(H,27,29)/t14-,18-,19-/m1/s1. The molecule has 4 rings (SSSR count). The summed E-state index contributed by atoms with van der Waals surface area (Å²) in [7, 11) is 0. The fourth-order valence-electron chi connectivity index (χ4n) is 3.81. The van der Waals surface area contributed by atoms with Gasteiger partial charge in [0.25, 0.3) is 5.91 Å². The van der Waals surface area contributed by atoms with Crippen molar-refractivity contribution in [2.75, 3.05) is 18.7 Å². The van der Waals surface area contributed by atoms with Crippen LogP contribution in [-0.2, 0) is 5.54 Å². The Morgan fingerprint density at radius 2 is 2.07 bits per heavy atom. The molecular weight excluding hydrogens is 444 g/mol. The molecular formula is C19H15ClF4N4OS. The van der Waals surface area contributed by atoms with Crippen LogP contribution in [0.15, 0.2) is 35.5 Å². The number of amidine groups is 1. The third-order valence-electron chi connectivity index (χ3n) is 5.36. The predicted molar refractivity (Wildman–Crippen MR) is 107 cm³/mol. The van der Waals surface area contributed by atoms with Crippen LogP contribution in [0, 0.1) is 17.6 Å². The van der Waals surface area contributed by atoms with E-state index in [1.807, 2.05) is 0 Å². The van der Waals surface area contributed by atoms with Gasteiger partial charge in [0, 0.05) is 29.4 Å². The molecule has 1 fully saturated rings. The van der Waals surface area contributed by atoms with Crippen LogP contribution in [0.3, 0.4) is 0 Å². The highest BCUT2D eigenvalue weighted by Gasteiger charge is 2.68. The summed E-state index contributed by atoms with van der Waals surface area (Å²) >= 11 is 6.71. The van der Waals surface area contributed by atoms with Crippen molar-refractivity contribution in [1.29, 1.82) is 0 Å². The third-order valence-corrected chi connectivity index (χ3v) is 6.85. The maximum Gasteiger partial charge on any atom is 0.274 e. The Hall–Kier alpha value is -2.33. The Morgan fingerprint density at radius 1 is 1.30 bits per heavy atom. The Morgan fingerprint density at radius 3 is 2.70 bits per heavy atom. The van der Waals surface area contributed by atoms with Crippen LogP contribution in [0.1, 0.15) is 22.5 Å². The molecule has 5 nitrogen and oxygen atoms in total. The topological polar surface area (TPSA) is 80.4 Å². The summed E-state index contributed by atoms with van der Waals surface area (Å²) in [6, 6.07) is 4.65. The van der Waals surface area contributed by atoms with E-state index in [4.69, 9.17) is 17.3 Å². The zero-order chi connectivity index (χ0) is 21.7. The van der Waals surface area contributed by atoms with Gasteiger partial charge in [-0.15, -0.1) is 0 Å². The smallest absolute Gasteiger partial charge is 0.274 e. The second-order valence-electron chi connectivity index (χ2n) is 7.20. The first-order valence-electron chi connectivity index (χ1n) is 8.83. The number of pyridine rings is 1. The van der Waals surface area contributed by atoms with Gasteiger partial charge in [-0.3, -0.25) is 4.79 Å². The summed E-state index contributed by atoms with van der Waals surface area (Å²) in [4.78, 5) is 20.3. The summed E-state index contributed by atoms with van der Waals surface area (Å²) < 4.78 is 56.1. The Balaban J connectivity index is 1.74.